The second-order valence-corrected chi connectivity index (χ2v) is 6.24. The molecule has 1 aliphatic heterocycles. The molecule has 2 atom stereocenters. The third-order valence-corrected chi connectivity index (χ3v) is 4.22. The number of carbonyl (C=O) groups excluding carboxylic acids is 1. The van der Waals surface area contributed by atoms with Gasteiger partial charge in [-0.2, -0.15) is 5.10 Å². The van der Waals surface area contributed by atoms with Crippen molar-refractivity contribution in [1.29, 1.82) is 0 Å². The molecular weight excluding hydrogens is 348 g/mol. The Morgan fingerprint density at radius 2 is 2.32 bits per heavy atom. The second kappa shape index (κ2) is 6.60. The van der Waals surface area contributed by atoms with E-state index in [1.54, 1.807) is 16.9 Å². The number of β-amino-alcohol motifs (C(OH)–C–C–N with tert-alkyl or cyclic N) is 1. The predicted octanol–water partition coefficient (Wildman–Crippen LogP) is 0.945. The summed E-state index contributed by atoms with van der Waals surface area (Å²) >= 11 is 3.41. The maximum Gasteiger partial charge on any atom is 0.271 e. The lowest BCUT2D eigenvalue weighted by atomic mass is 10.1. The number of halogens is 1. The topological polar surface area (TPSA) is 79.2 Å². The number of aliphatic hydroxyl groups excluding tert-OH is 1. The van der Waals surface area contributed by atoms with E-state index in [2.05, 4.69) is 31.7 Å². The van der Waals surface area contributed by atoms with Crippen LogP contribution in [0.1, 0.15) is 10.5 Å². The standard InChI is InChI=1S/C15H17BrN4O2/c16-11-2-1-3-12(6-11)20-5-4-13(19-20)15(22)18-8-10-7-17-9-14(10)21/h1-6,10,14,17,21H,7-9H2,(H,18,22). The Morgan fingerprint density at radius 3 is 3.05 bits per heavy atom. The summed E-state index contributed by atoms with van der Waals surface area (Å²) in [6, 6.07) is 9.37. The van der Waals surface area contributed by atoms with Crippen molar-refractivity contribution in [1.82, 2.24) is 20.4 Å². The Hall–Kier alpha value is -1.70. The third-order valence-electron chi connectivity index (χ3n) is 3.72. The smallest absolute Gasteiger partial charge is 0.271 e. The van der Waals surface area contributed by atoms with Crippen LogP contribution in [0, 0.1) is 5.92 Å². The normalized spacial score (nSPS) is 21.0. The minimum absolute atomic E-state index is 0.0520. The van der Waals surface area contributed by atoms with Crippen LogP contribution in [0.15, 0.2) is 41.0 Å². The first-order valence-electron chi connectivity index (χ1n) is 7.12. The summed E-state index contributed by atoms with van der Waals surface area (Å²) in [5.74, 6) is -0.177. The van der Waals surface area contributed by atoms with Crippen molar-refractivity contribution < 1.29 is 9.90 Å². The maximum atomic E-state index is 12.1. The van der Waals surface area contributed by atoms with Gasteiger partial charge >= 0.3 is 0 Å². The van der Waals surface area contributed by atoms with Gasteiger partial charge in [0, 0.05) is 36.2 Å². The Labute approximate surface area is 136 Å². The molecule has 1 aliphatic rings. The van der Waals surface area contributed by atoms with Crippen LogP contribution < -0.4 is 10.6 Å². The molecule has 3 N–H and O–H groups in total. The quantitative estimate of drug-likeness (QED) is 0.754. The summed E-state index contributed by atoms with van der Waals surface area (Å²) in [5.41, 5.74) is 1.24. The SMILES string of the molecule is O=C(NCC1CNCC1O)c1ccn(-c2cccc(Br)c2)n1. The molecule has 2 unspecified atom stereocenters. The van der Waals surface area contributed by atoms with Crippen LogP contribution in [0.5, 0.6) is 0 Å². The Bertz CT molecular complexity index is 673. The highest BCUT2D eigenvalue weighted by Gasteiger charge is 2.25. The fourth-order valence-corrected chi connectivity index (χ4v) is 2.84. The average molecular weight is 365 g/mol. The molecule has 2 aromatic rings. The van der Waals surface area contributed by atoms with Crippen LogP contribution in [-0.2, 0) is 0 Å². The molecule has 0 aliphatic carbocycles. The van der Waals surface area contributed by atoms with E-state index in [0.29, 0.717) is 25.3 Å². The predicted molar refractivity (Wildman–Crippen MR) is 86.0 cm³/mol. The van der Waals surface area contributed by atoms with E-state index in [0.717, 1.165) is 10.2 Å². The van der Waals surface area contributed by atoms with E-state index in [4.69, 9.17) is 0 Å². The second-order valence-electron chi connectivity index (χ2n) is 5.32. The summed E-state index contributed by atoms with van der Waals surface area (Å²) in [6.45, 7) is 1.74. The van der Waals surface area contributed by atoms with E-state index in [9.17, 15) is 9.90 Å². The van der Waals surface area contributed by atoms with E-state index in [1.807, 2.05) is 24.3 Å². The zero-order valence-corrected chi connectivity index (χ0v) is 13.5. The van der Waals surface area contributed by atoms with Gasteiger partial charge in [0.05, 0.1) is 11.8 Å². The van der Waals surface area contributed by atoms with Gasteiger partial charge in [0.15, 0.2) is 5.69 Å². The van der Waals surface area contributed by atoms with Crippen molar-refractivity contribution >= 4 is 21.8 Å². The summed E-state index contributed by atoms with van der Waals surface area (Å²) in [5, 5.41) is 19.9. The molecule has 1 aromatic carbocycles. The highest BCUT2D eigenvalue weighted by Crippen LogP contribution is 2.15. The molecular formula is C15H17BrN4O2. The van der Waals surface area contributed by atoms with Crippen molar-refractivity contribution in [3.63, 3.8) is 0 Å². The Kier molecular flexibility index (Phi) is 4.56. The fourth-order valence-electron chi connectivity index (χ4n) is 2.45. The van der Waals surface area contributed by atoms with Gasteiger partial charge in [-0.1, -0.05) is 22.0 Å². The van der Waals surface area contributed by atoms with Gasteiger partial charge in [0.25, 0.3) is 5.91 Å². The van der Waals surface area contributed by atoms with E-state index < -0.39 is 6.10 Å². The number of benzene rings is 1. The number of nitrogens with one attached hydrogen (secondary N) is 2. The van der Waals surface area contributed by atoms with Gasteiger partial charge in [0.2, 0.25) is 0 Å². The molecule has 0 radical (unpaired) electrons. The van der Waals surface area contributed by atoms with Crippen molar-refractivity contribution in [3.05, 3.63) is 46.7 Å². The van der Waals surface area contributed by atoms with Gasteiger partial charge in [-0.25, -0.2) is 4.68 Å². The highest BCUT2D eigenvalue weighted by atomic mass is 79.9. The number of aliphatic hydroxyl groups is 1. The molecule has 1 fully saturated rings. The first kappa shape index (κ1) is 15.2. The molecule has 2 heterocycles. The minimum Gasteiger partial charge on any atom is -0.391 e. The summed E-state index contributed by atoms with van der Waals surface area (Å²) in [4.78, 5) is 12.1. The van der Waals surface area contributed by atoms with Crippen molar-refractivity contribution in [2.75, 3.05) is 19.6 Å². The first-order chi connectivity index (χ1) is 10.6. The maximum absolute atomic E-state index is 12.1. The van der Waals surface area contributed by atoms with E-state index in [-0.39, 0.29) is 11.8 Å². The largest absolute Gasteiger partial charge is 0.391 e. The molecule has 22 heavy (non-hydrogen) atoms. The molecule has 116 valence electrons. The zero-order chi connectivity index (χ0) is 15.5. The van der Waals surface area contributed by atoms with Gasteiger partial charge in [-0.15, -0.1) is 0 Å². The van der Waals surface area contributed by atoms with Gasteiger partial charge < -0.3 is 15.7 Å². The van der Waals surface area contributed by atoms with E-state index in [1.165, 1.54) is 0 Å². The van der Waals surface area contributed by atoms with Crippen molar-refractivity contribution in [2.24, 2.45) is 5.92 Å². The Morgan fingerprint density at radius 1 is 1.45 bits per heavy atom. The monoisotopic (exact) mass is 364 g/mol. The molecule has 3 rings (SSSR count). The van der Waals surface area contributed by atoms with Crippen LogP contribution in [0.25, 0.3) is 5.69 Å². The van der Waals surface area contributed by atoms with Crippen molar-refractivity contribution in [3.8, 4) is 5.69 Å². The summed E-state index contributed by atoms with van der Waals surface area (Å²) in [6.07, 6.45) is 1.35. The molecule has 1 amide bonds. The average Bonchev–Trinajstić information content (AvgIpc) is 3.14. The third kappa shape index (κ3) is 3.37. The number of hydrogen-bond acceptors (Lipinski definition) is 4. The van der Waals surface area contributed by atoms with Crippen LogP contribution in [-0.4, -0.2) is 46.5 Å². The zero-order valence-electron chi connectivity index (χ0n) is 11.9. The summed E-state index contributed by atoms with van der Waals surface area (Å²) in [7, 11) is 0. The lowest BCUT2D eigenvalue weighted by molar-refractivity contribution is 0.0921. The number of amides is 1. The lowest BCUT2D eigenvalue weighted by Gasteiger charge is -2.13. The molecule has 1 saturated heterocycles. The lowest BCUT2D eigenvalue weighted by Crippen LogP contribution is -2.34. The van der Waals surface area contributed by atoms with Crippen LogP contribution >= 0.6 is 15.9 Å². The number of carbonyl (C=O) groups is 1. The minimum atomic E-state index is -0.403. The molecule has 0 bridgehead atoms. The number of aromatic nitrogens is 2. The molecule has 0 spiro atoms. The molecule has 0 saturated carbocycles. The van der Waals surface area contributed by atoms with Crippen LogP contribution in [0.4, 0.5) is 0 Å². The van der Waals surface area contributed by atoms with Gasteiger partial charge in [-0.3, -0.25) is 4.79 Å². The molecule has 7 heteroatoms. The Balaban J connectivity index is 1.64. The van der Waals surface area contributed by atoms with Crippen LogP contribution in [0.2, 0.25) is 0 Å². The summed E-state index contributed by atoms with van der Waals surface area (Å²) < 4.78 is 2.61. The first-order valence-corrected chi connectivity index (χ1v) is 7.91. The number of rotatable bonds is 4. The molecule has 6 nitrogen and oxygen atoms in total. The highest BCUT2D eigenvalue weighted by molar-refractivity contribution is 9.10. The number of nitrogens with zero attached hydrogens (tertiary/aromatic N) is 2. The van der Waals surface area contributed by atoms with Crippen LogP contribution in [0.3, 0.4) is 0 Å². The van der Waals surface area contributed by atoms with Crippen molar-refractivity contribution in [2.45, 2.75) is 6.10 Å². The molecule has 1 aromatic heterocycles. The van der Waals surface area contributed by atoms with E-state index >= 15 is 0 Å². The van der Waals surface area contributed by atoms with Gasteiger partial charge in [0.1, 0.15) is 0 Å². The van der Waals surface area contributed by atoms with Gasteiger partial charge in [-0.05, 0) is 24.3 Å². The fraction of sp³-hybridized carbons (Fsp3) is 0.333. The number of hydrogen-bond donors (Lipinski definition) is 3.